The summed E-state index contributed by atoms with van der Waals surface area (Å²) >= 11 is 0. The predicted molar refractivity (Wildman–Crippen MR) is 104 cm³/mol. The molecule has 0 unspecified atom stereocenters. The molecule has 0 saturated heterocycles. The molecule has 138 valence electrons. The standard InChI is InChI=1S/C21H21N3O3/c1-12(13-4-7-17-14(9-13)5-8-20(25)24-17)22-21(26)19-10-15-3-6-16(27-2)11-18(15)23-19/h3-4,6-7,9-12,23H,5,8H2,1-2H3,(H,22,26)(H,24,25)/t12-/m0/s1. The zero-order valence-corrected chi connectivity index (χ0v) is 15.3. The monoisotopic (exact) mass is 363 g/mol. The number of nitrogens with one attached hydrogen (secondary N) is 3. The van der Waals surface area contributed by atoms with Crippen molar-refractivity contribution in [3.05, 3.63) is 59.3 Å². The summed E-state index contributed by atoms with van der Waals surface area (Å²) in [5.74, 6) is 0.626. The van der Waals surface area contributed by atoms with E-state index in [1.165, 1.54) is 0 Å². The largest absolute Gasteiger partial charge is 0.497 e. The highest BCUT2D eigenvalue weighted by Gasteiger charge is 2.18. The quantitative estimate of drug-likeness (QED) is 0.663. The number of carbonyl (C=O) groups is 2. The molecule has 6 heteroatoms. The molecule has 0 aliphatic carbocycles. The van der Waals surface area contributed by atoms with Gasteiger partial charge in [-0.25, -0.2) is 0 Å². The lowest BCUT2D eigenvalue weighted by atomic mass is 9.98. The number of ether oxygens (including phenoxy) is 1. The SMILES string of the molecule is COc1ccc2cc(C(=O)N[C@@H](C)c3ccc4c(c3)CCC(=O)N4)[nH]c2c1. The molecule has 0 fully saturated rings. The molecule has 0 saturated carbocycles. The first-order chi connectivity index (χ1) is 13.0. The minimum Gasteiger partial charge on any atom is -0.497 e. The number of aryl methyl sites for hydroxylation is 1. The van der Waals surface area contributed by atoms with Gasteiger partial charge in [0.15, 0.2) is 0 Å². The van der Waals surface area contributed by atoms with Crippen LogP contribution in [0.15, 0.2) is 42.5 Å². The Morgan fingerprint density at radius 3 is 2.81 bits per heavy atom. The second kappa shape index (κ2) is 6.79. The van der Waals surface area contributed by atoms with E-state index >= 15 is 0 Å². The second-order valence-electron chi connectivity index (χ2n) is 6.80. The predicted octanol–water partition coefficient (Wildman–Crippen LogP) is 3.55. The van der Waals surface area contributed by atoms with Crippen molar-refractivity contribution in [1.29, 1.82) is 0 Å². The molecule has 2 aromatic carbocycles. The van der Waals surface area contributed by atoms with Gasteiger partial charge in [0.25, 0.3) is 5.91 Å². The summed E-state index contributed by atoms with van der Waals surface area (Å²) in [7, 11) is 1.61. The van der Waals surface area contributed by atoms with Crippen molar-refractivity contribution in [2.24, 2.45) is 0 Å². The minimum absolute atomic E-state index is 0.0482. The van der Waals surface area contributed by atoms with Crippen LogP contribution in [0.25, 0.3) is 10.9 Å². The van der Waals surface area contributed by atoms with Gasteiger partial charge in [0, 0.05) is 29.1 Å². The number of aromatic amines is 1. The third kappa shape index (κ3) is 3.38. The molecule has 1 aliphatic rings. The lowest BCUT2D eigenvalue weighted by Gasteiger charge is -2.20. The van der Waals surface area contributed by atoms with E-state index in [1.54, 1.807) is 7.11 Å². The van der Waals surface area contributed by atoms with Gasteiger partial charge in [0.05, 0.1) is 13.2 Å². The number of aromatic nitrogens is 1. The second-order valence-corrected chi connectivity index (χ2v) is 6.80. The van der Waals surface area contributed by atoms with Crippen LogP contribution in [0.4, 0.5) is 5.69 Å². The maximum atomic E-state index is 12.7. The lowest BCUT2D eigenvalue weighted by molar-refractivity contribution is -0.116. The van der Waals surface area contributed by atoms with Crippen LogP contribution in [-0.4, -0.2) is 23.9 Å². The molecule has 1 aliphatic heterocycles. The van der Waals surface area contributed by atoms with Crippen LogP contribution >= 0.6 is 0 Å². The average Bonchev–Trinajstić information content (AvgIpc) is 3.10. The van der Waals surface area contributed by atoms with Crippen molar-refractivity contribution in [2.75, 3.05) is 12.4 Å². The summed E-state index contributed by atoms with van der Waals surface area (Å²) in [6.45, 7) is 1.95. The van der Waals surface area contributed by atoms with Gasteiger partial charge >= 0.3 is 0 Å². The van der Waals surface area contributed by atoms with Gasteiger partial charge in [-0.05, 0) is 48.7 Å². The number of carbonyl (C=O) groups excluding carboxylic acids is 2. The number of hydrogen-bond donors (Lipinski definition) is 3. The molecular weight excluding hydrogens is 342 g/mol. The number of anilines is 1. The summed E-state index contributed by atoms with van der Waals surface area (Å²) in [4.78, 5) is 27.3. The zero-order chi connectivity index (χ0) is 19.0. The highest BCUT2D eigenvalue weighted by Crippen LogP contribution is 2.26. The molecule has 2 heterocycles. The van der Waals surface area contributed by atoms with Gasteiger partial charge < -0.3 is 20.4 Å². The normalized spacial score (nSPS) is 14.4. The van der Waals surface area contributed by atoms with E-state index in [2.05, 4.69) is 21.7 Å². The first kappa shape index (κ1) is 17.1. The highest BCUT2D eigenvalue weighted by molar-refractivity contribution is 5.98. The Bertz CT molecular complexity index is 1040. The molecule has 1 aromatic heterocycles. The molecule has 0 spiro atoms. The topological polar surface area (TPSA) is 83.2 Å². The van der Waals surface area contributed by atoms with Crippen LogP contribution in [0.3, 0.4) is 0 Å². The van der Waals surface area contributed by atoms with Crippen LogP contribution in [0.1, 0.15) is 41.0 Å². The first-order valence-electron chi connectivity index (χ1n) is 8.94. The van der Waals surface area contributed by atoms with Crippen molar-refractivity contribution in [3.8, 4) is 5.75 Å². The van der Waals surface area contributed by atoms with Gasteiger partial charge in [-0.3, -0.25) is 9.59 Å². The van der Waals surface area contributed by atoms with Crippen LogP contribution in [0.2, 0.25) is 0 Å². The van der Waals surface area contributed by atoms with Crippen LogP contribution in [-0.2, 0) is 11.2 Å². The Hall–Kier alpha value is -3.28. The van der Waals surface area contributed by atoms with E-state index in [9.17, 15) is 9.59 Å². The van der Waals surface area contributed by atoms with E-state index in [0.717, 1.165) is 39.9 Å². The summed E-state index contributed by atoms with van der Waals surface area (Å²) in [6.07, 6.45) is 1.22. The number of rotatable bonds is 4. The Morgan fingerprint density at radius 1 is 1.15 bits per heavy atom. The van der Waals surface area contributed by atoms with Crippen molar-refractivity contribution in [1.82, 2.24) is 10.3 Å². The van der Waals surface area contributed by atoms with Crippen molar-refractivity contribution >= 4 is 28.4 Å². The van der Waals surface area contributed by atoms with Gasteiger partial charge in [0.1, 0.15) is 11.4 Å². The van der Waals surface area contributed by atoms with Gasteiger partial charge in [0.2, 0.25) is 5.91 Å². The maximum absolute atomic E-state index is 12.7. The number of fused-ring (bicyclic) bond motifs is 2. The molecule has 0 bridgehead atoms. The molecular formula is C21H21N3O3. The van der Waals surface area contributed by atoms with E-state index in [1.807, 2.05) is 43.3 Å². The number of benzene rings is 2. The van der Waals surface area contributed by atoms with E-state index in [0.29, 0.717) is 12.1 Å². The fourth-order valence-electron chi connectivity index (χ4n) is 3.39. The molecule has 0 radical (unpaired) electrons. The molecule has 4 rings (SSSR count). The van der Waals surface area contributed by atoms with Crippen LogP contribution in [0, 0.1) is 0 Å². The number of hydrogen-bond acceptors (Lipinski definition) is 3. The molecule has 3 aromatic rings. The van der Waals surface area contributed by atoms with E-state index < -0.39 is 0 Å². The summed E-state index contributed by atoms with van der Waals surface area (Å²) < 4.78 is 5.22. The number of H-pyrrole nitrogens is 1. The Balaban J connectivity index is 1.51. The van der Waals surface area contributed by atoms with E-state index in [-0.39, 0.29) is 17.9 Å². The number of methoxy groups -OCH3 is 1. The summed E-state index contributed by atoms with van der Waals surface area (Å²) in [5.41, 5.74) is 4.34. The molecule has 2 amide bonds. The number of amides is 2. The Morgan fingerprint density at radius 2 is 2.00 bits per heavy atom. The Labute approximate surface area is 156 Å². The van der Waals surface area contributed by atoms with Crippen LogP contribution < -0.4 is 15.4 Å². The maximum Gasteiger partial charge on any atom is 0.268 e. The van der Waals surface area contributed by atoms with Gasteiger partial charge in [-0.2, -0.15) is 0 Å². The smallest absolute Gasteiger partial charge is 0.268 e. The summed E-state index contributed by atoms with van der Waals surface area (Å²) in [6, 6.07) is 13.2. The van der Waals surface area contributed by atoms with Crippen molar-refractivity contribution in [3.63, 3.8) is 0 Å². The summed E-state index contributed by atoms with van der Waals surface area (Å²) in [5, 5.41) is 6.86. The molecule has 1 atom stereocenters. The molecule has 6 nitrogen and oxygen atoms in total. The van der Waals surface area contributed by atoms with Crippen molar-refractivity contribution in [2.45, 2.75) is 25.8 Å². The van der Waals surface area contributed by atoms with E-state index in [4.69, 9.17) is 4.74 Å². The third-order valence-electron chi connectivity index (χ3n) is 4.95. The van der Waals surface area contributed by atoms with Crippen LogP contribution in [0.5, 0.6) is 5.75 Å². The fraction of sp³-hybridized carbons (Fsp3) is 0.238. The Kier molecular flexibility index (Phi) is 4.32. The fourth-order valence-corrected chi connectivity index (χ4v) is 3.39. The lowest BCUT2D eigenvalue weighted by Crippen LogP contribution is -2.27. The zero-order valence-electron chi connectivity index (χ0n) is 15.3. The average molecular weight is 363 g/mol. The van der Waals surface area contributed by atoms with Gasteiger partial charge in [-0.1, -0.05) is 12.1 Å². The van der Waals surface area contributed by atoms with Gasteiger partial charge in [-0.15, -0.1) is 0 Å². The minimum atomic E-state index is -0.163. The molecule has 27 heavy (non-hydrogen) atoms. The third-order valence-corrected chi connectivity index (χ3v) is 4.95. The molecule has 3 N–H and O–H groups in total. The highest BCUT2D eigenvalue weighted by atomic mass is 16.5. The van der Waals surface area contributed by atoms with Crippen molar-refractivity contribution < 1.29 is 14.3 Å². The first-order valence-corrected chi connectivity index (χ1v) is 8.94.